The van der Waals surface area contributed by atoms with Gasteiger partial charge in [-0.1, -0.05) is 6.07 Å². The molecule has 1 aliphatic heterocycles. The number of thiophene rings is 1. The first-order chi connectivity index (χ1) is 9.98. The average molecular weight is 325 g/mol. The van der Waals surface area contributed by atoms with Crippen molar-refractivity contribution in [1.29, 1.82) is 0 Å². The van der Waals surface area contributed by atoms with Crippen LogP contribution in [0.1, 0.15) is 35.7 Å². The van der Waals surface area contributed by atoms with Crippen LogP contribution in [0.2, 0.25) is 0 Å². The first kappa shape index (κ1) is 14.7. The molecule has 0 unspecified atom stereocenters. The molecule has 0 spiro atoms. The van der Waals surface area contributed by atoms with Crippen molar-refractivity contribution in [3.63, 3.8) is 0 Å². The fourth-order valence-corrected chi connectivity index (χ4v) is 4.53. The molecule has 0 saturated carbocycles. The van der Waals surface area contributed by atoms with Gasteiger partial charge in [0.1, 0.15) is 0 Å². The number of sulfonamides is 1. The van der Waals surface area contributed by atoms with E-state index in [1.807, 2.05) is 11.4 Å². The summed E-state index contributed by atoms with van der Waals surface area (Å²) in [5.41, 5.74) is 3.10. The molecular weight excluding hydrogens is 306 g/mol. The molecule has 0 fully saturated rings. The molecule has 114 valence electrons. The Hall–Kier alpha value is -1.18. The number of aromatic nitrogens is 2. The van der Waals surface area contributed by atoms with Gasteiger partial charge in [-0.3, -0.25) is 5.10 Å². The zero-order valence-corrected chi connectivity index (χ0v) is 13.8. The molecule has 0 bridgehead atoms. The summed E-state index contributed by atoms with van der Waals surface area (Å²) in [5.74, 6) is 0. The number of H-pyrrole nitrogens is 1. The third kappa shape index (κ3) is 2.77. The van der Waals surface area contributed by atoms with Gasteiger partial charge in [-0.25, -0.2) is 8.42 Å². The third-order valence-electron chi connectivity index (χ3n) is 3.86. The smallest absolute Gasteiger partial charge is 0.216 e. The topological polar surface area (TPSA) is 66.1 Å². The van der Waals surface area contributed by atoms with Gasteiger partial charge in [0.25, 0.3) is 0 Å². The highest BCUT2D eigenvalue weighted by Gasteiger charge is 2.31. The number of hydrogen-bond acceptors (Lipinski definition) is 4. The Bertz CT molecular complexity index is 717. The monoisotopic (exact) mass is 325 g/mol. The summed E-state index contributed by atoms with van der Waals surface area (Å²) in [4.78, 5) is 1.24. The zero-order chi connectivity index (χ0) is 15.0. The summed E-state index contributed by atoms with van der Waals surface area (Å²) < 4.78 is 26.3. The summed E-state index contributed by atoms with van der Waals surface area (Å²) in [6.45, 7) is 4.43. The number of aromatic amines is 1. The van der Waals surface area contributed by atoms with Crippen molar-refractivity contribution in [3.05, 3.63) is 39.3 Å². The van der Waals surface area contributed by atoms with Gasteiger partial charge in [0.15, 0.2) is 0 Å². The largest absolute Gasteiger partial charge is 0.282 e. The fraction of sp³-hybridized carbons (Fsp3) is 0.500. The van der Waals surface area contributed by atoms with Crippen LogP contribution < -0.4 is 0 Å². The minimum Gasteiger partial charge on any atom is -0.282 e. The van der Waals surface area contributed by atoms with Crippen molar-refractivity contribution < 1.29 is 8.42 Å². The van der Waals surface area contributed by atoms with E-state index in [0.717, 1.165) is 23.4 Å². The highest BCUT2D eigenvalue weighted by Crippen LogP contribution is 2.26. The molecular formula is C14H19N3O2S2. The Morgan fingerprint density at radius 1 is 1.48 bits per heavy atom. The molecule has 0 aliphatic carbocycles. The van der Waals surface area contributed by atoms with E-state index in [9.17, 15) is 8.42 Å². The highest BCUT2D eigenvalue weighted by atomic mass is 32.2. The summed E-state index contributed by atoms with van der Waals surface area (Å²) in [6.07, 6.45) is 1.47. The standard InChI is InChI=1S/C14H19N3O2S2/c1-10(2)21(18,19)17-6-5-13-12(9-17)14(16-15-13)8-11-4-3-7-20-11/h3-4,7,10H,5-6,8-9H2,1-2H3,(H,15,16). The van der Waals surface area contributed by atoms with Gasteiger partial charge >= 0.3 is 0 Å². The summed E-state index contributed by atoms with van der Waals surface area (Å²) in [7, 11) is -3.21. The van der Waals surface area contributed by atoms with Gasteiger partial charge in [0.05, 0.1) is 10.9 Å². The normalized spacial score (nSPS) is 16.3. The van der Waals surface area contributed by atoms with E-state index < -0.39 is 10.0 Å². The molecule has 5 nitrogen and oxygen atoms in total. The summed E-state index contributed by atoms with van der Waals surface area (Å²) in [5, 5.41) is 9.13. The molecule has 0 aromatic carbocycles. The minimum atomic E-state index is -3.21. The molecule has 7 heteroatoms. The fourth-order valence-electron chi connectivity index (χ4n) is 2.57. The molecule has 0 atom stereocenters. The van der Waals surface area contributed by atoms with Crippen LogP contribution in [-0.4, -0.2) is 34.7 Å². The van der Waals surface area contributed by atoms with E-state index in [0.29, 0.717) is 19.5 Å². The van der Waals surface area contributed by atoms with Crippen LogP contribution in [0.4, 0.5) is 0 Å². The predicted molar refractivity (Wildman–Crippen MR) is 83.9 cm³/mol. The molecule has 2 aromatic rings. The second kappa shape index (κ2) is 5.55. The number of nitrogens with zero attached hydrogens (tertiary/aromatic N) is 2. The van der Waals surface area contributed by atoms with Crippen LogP contribution in [0.5, 0.6) is 0 Å². The summed E-state index contributed by atoms with van der Waals surface area (Å²) in [6, 6.07) is 4.10. The lowest BCUT2D eigenvalue weighted by atomic mass is 10.1. The Morgan fingerprint density at radius 3 is 2.95 bits per heavy atom. The van der Waals surface area contributed by atoms with Crippen molar-refractivity contribution >= 4 is 21.4 Å². The molecule has 0 amide bonds. The molecule has 0 saturated heterocycles. The second-order valence-electron chi connectivity index (χ2n) is 5.56. The first-order valence-corrected chi connectivity index (χ1v) is 9.43. The summed E-state index contributed by atoms with van der Waals surface area (Å²) >= 11 is 1.70. The lowest BCUT2D eigenvalue weighted by Crippen LogP contribution is -2.40. The van der Waals surface area contributed by atoms with E-state index in [4.69, 9.17) is 0 Å². The molecule has 1 aliphatic rings. The van der Waals surface area contributed by atoms with E-state index in [2.05, 4.69) is 16.3 Å². The third-order valence-corrected chi connectivity index (χ3v) is 6.96. The van der Waals surface area contributed by atoms with E-state index in [1.54, 1.807) is 29.5 Å². The predicted octanol–water partition coefficient (Wildman–Crippen LogP) is 2.16. The van der Waals surface area contributed by atoms with Crippen molar-refractivity contribution in [3.8, 4) is 0 Å². The van der Waals surface area contributed by atoms with Crippen LogP contribution >= 0.6 is 11.3 Å². The van der Waals surface area contributed by atoms with Crippen LogP contribution in [-0.2, 0) is 29.4 Å². The van der Waals surface area contributed by atoms with Crippen LogP contribution in [0.3, 0.4) is 0 Å². The lowest BCUT2D eigenvalue weighted by molar-refractivity contribution is 0.384. The molecule has 1 N–H and O–H groups in total. The van der Waals surface area contributed by atoms with Crippen LogP contribution in [0.15, 0.2) is 17.5 Å². The van der Waals surface area contributed by atoms with E-state index in [-0.39, 0.29) is 5.25 Å². The Labute approximate surface area is 129 Å². The van der Waals surface area contributed by atoms with Crippen LogP contribution in [0.25, 0.3) is 0 Å². The minimum absolute atomic E-state index is 0.383. The highest BCUT2D eigenvalue weighted by molar-refractivity contribution is 7.89. The second-order valence-corrected chi connectivity index (χ2v) is 9.08. The first-order valence-electron chi connectivity index (χ1n) is 7.05. The van der Waals surface area contributed by atoms with Crippen molar-refractivity contribution in [2.75, 3.05) is 6.54 Å². The molecule has 2 aromatic heterocycles. The molecule has 21 heavy (non-hydrogen) atoms. The van der Waals surface area contributed by atoms with Gasteiger partial charge in [0.2, 0.25) is 10.0 Å². The maximum atomic E-state index is 12.3. The van der Waals surface area contributed by atoms with Gasteiger partial charge in [0, 0.05) is 42.1 Å². The van der Waals surface area contributed by atoms with E-state index >= 15 is 0 Å². The number of hydrogen-bond donors (Lipinski definition) is 1. The Morgan fingerprint density at radius 2 is 2.29 bits per heavy atom. The van der Waals surface area contributed by atoms with E-state index in [1.165, 1.54) is 4.88 Å². The van der Waals surface area contributed by atoms with Gasteiger partial charge in [-0.05, 0) is 25.3 Å². The van der Waals surface area contributed by atoms with Gasteiger partial charge in [-0.2, -0.15) is 9.40 Å². The molecule has 0 radical (unpaired) electrons. The van der Waals surface area contributed by atoms with Crippen LogP contribution in [0, 0.1) is 0 Å². The SMILES string of the molecule is CC(C)S(=O)(=O)N1CCc2[nH]nc(Cc3cccs3)c2C1. The maximum absolute atomic E-state index is 12.3. The van der Waals surface area contributed by atoms with Crippen molar-refractivity contribution in [1.82, 2.24) is 14.5 Å². The van der Waals surface area contributed by atoms with Gasteiger partial charge in [-0.15, -0.1) is 11.3 Å². The quantitative estimate of drug-likeness (QED) is 0.937. The zero-order valence-electron chi connectivity index (χ0n) is 12.2. The molecule has 3 heterocycles. The number of nitrogens with one attached hydrogen (secondary N) is 1. The average Bonchev–Trinajstić information content (AvgIpc) is 3.09. The Kier molecular flexibility index (Phi) is 3.90. The van der Waals surface area contributed by atoms with Gasteiger partial charge < -0.3 is 0 Å². The molecule has 3 rings (SSSR count). The number of rotatable bonds is 4. The van der Waals surface area contributed by atoms with Crippen molar-refractivity contribution in [2.45, 2.75) is 38.5 Å². The maximum Gasteiger partial charge on any atom is 0.216 e. The number of fused-ring (bicyclic) bond motifs is 1. The lowest BCUT2D eigenvalue weighted by Gasteiger charge is -2.28. The van der Waals surface area contributed by atoms with Crippen molar-refractivity contribution in [2.24, 2.45) is 0 Å². The Balaban J connectivity index is 1.86.